The second-order valence-electron chi connectivity index (χ2n) is 8.08. The molecule has 4 rings (SSSR count). The summed E-state index contributed by atoms with van der Waals surface area (Å²) in [6.07, 6.45) is 1.38. The zero-order chi connectivity index (χ0) is 23.9. The van der Waals surface area contributed by atoms with Crippen molar-refractivity contribution in [3.63, 3.8) is 0 Å². The summed E-state index contributed by atoms with van der Waals surface area (Å²) in [5, 5.41) is 0.547. The van der Waals surface area contributed by atoms with Gasteiger partial charge < -0.3 is 9.64 Å². The van der Waals surface area contributed by atoms with Crippen LogP contribution in [0.25, 0.3) is 16.6 Å². The van der Waals surface area contributed by atoms with Crippen LogP contribution in [0.3, 0.4) is 0 Å². The summed E-state index contributed by atoms with van der Waals surface area (Å²) in [7, 11) is 0. The Labute approximate surface area is 199 Å². The molecule has 34 heavy (non-hydrogen) atoms. The van der Waals surface area contributed by atoms with Gasteiger partial charge in [-0.1, -0.05) is 62.4 Å². The van der Waals surface area contributed by atoms with Gasteiger partial charge in [0.05, 0.1) is 22.6 Å². The molecule has 3 aromatic carbocycles. The van der Waals surface area contributed by atoms with E-state index in [4.69, 9.17) is 9.72 Å². The van der Waals surface area contributed by atoms with Gasteiger partial charge in [0.25, 0.3) is 11.5 Å². The first-order valence-corrected chi connectivity index (χ1v) is 11.7. The molecule has 4 aromatic rings. The van der Waals surface area contributed by atoms with Gasteiger partial charge in [-0.2, -0.15) is 0 Å². The number of ether oxygens (including phenoxy) is 1. The van der Waals surface area contributed by atoms with Gasteiger partial charge in [-0.3, -0.25) is 14.2 Å². The quantitative estimate of drug-likeness (QED) is 0.350. The number of hydrogen-bond donors (Lipinski definition) is 0. The Morgan fingerprint density at radius 1 is 0.941 bits per heavy atom. The average Bonchev–Trinajstić information content (AvgIpc) is 2.88. The van der Waals surface area contributed by atoms with Crippen LogP contribution >= 0.6 is 0 Å². The standard InChI is InChI=1S/C28H29N3O3/c1-3-19-30(26(32)20-34-22-15-9-6-10-16-22)25(4-2)27-29-24-18-12-11-17-23(24)28(33)31(27)21-13-7-5-8-14-21/h5-18,25H,3-4,19-20H2,1-2H3. The van der Waals surface area contributed by atoms with Crippen molar-refractivity contribution in [2.45, 2.75) is 32.7 Å². The van der Waals surface area contributed by atoms with Gasteiger partial charge in [-0.25, -0.2) is 4.98 Å². The first kappa shape index (κ1) is 23.2. The monoisotopic (exact) mass is 455 g/mol. The summed E-state index contributed by atoms with van der Waals surface area (Å²) in [6, 6.07) is 25.7. The Morgan fingerprint density at radius 3 is 2.26 bits per heavy atom. The Balaban J connectivity index is 1.79. The first-order chi connectivity index (χ1) is 16.6. The van der Waals surface area contributed by atoms with E-state index >= 15 is 0 Å². The first-order valence-electron chi connectivity index (χ1n) is 11.7. The number of nitrogens with zero attached hydrogens (tertiary/aromatic N) is 3. The summed E-state index contributed by atoms with van der Waals surface area (Å²) in [6.45, 7) is 4.50. The van der Waals surface area contributed by atoms with Gasteiger partial charge in [0.2, 0.25) is 0 Å². The van der Waals surface area contributed by atoms with Crippen molar-refractivity contribution in [1.29, 1.82) is 0 Å². The molecule has 1 atom stereocenters. The van der Waals surface area contributed by atoms with Crippen LogP contribution in [0.1, 0.15) is 38.6 Å². The molecule has 0 bridgehead atoms. The largest absolute Gasteiger partial charge is 0.484 e. The molecule has 0 saturated carbocycles. The second kappa shape index (κ2) is 10.8. The highest BCUT2D eigenvalue weighted by Gasteiger charge is 2.28. The lowest BCUT2D eigenvalue weighted by atomic mass is 10.1. The molecule has 1 aromatic heterocycles. The molecule has 1 amide bonds. The molecule has 0 N–H and O–H groups in total. The van der Waals surface area contributed by atoms with Crippen LogP contribution < -0.4 is 10.3 Å². The normalized spacial score (nSPS) is 11.8. The van der Waals surface area contributed by atoms with E-state index in [2.05, 4.69) is 0 Å². The second-order valence-corrected chi connectivity index (χ2v) is 8.08. The van der Waals surface area contributed by atoms with E-state index in [-0.39, 0.29) is 24.1 Å². The van der Waals surface area contributed by atoms with Crippen LogP contribution in [0.15, 0.2) is 89.7 Å². The molecule has 0 aliphatic heterocycles. The number of para-hydroxylation sites is 3. The smallest absolute Gasteiger partial charge is 0.266 e. The maximum atomic E-state index is 13.6. The van der Waals surface area contributed by atoms with E-state index < -0.39 is 0 Å². The van der Waals surface area contributed by atoms with Crippen LogP contribution in [0.5, 0.6) is 5.75 Å². The number of carbonyl (C=O) groups is 1. The van der Waals surface area contributed by atoms with Gasteiger partial charge >= 0.3 is 0 Å². The average molecular weight is 456 g/mol. The third-order valence-electron chi connectivity index (χ3n) is 5.77. The van der Waals surface area contributed by atoms with E-state index in [1.54, 1.807) is 15.5 Å². The minimum absolute atomic E-state index is 0.0797. The molecule has 0 aliphatic rings. The van der Waals surface area contributed by atoms with Gasteiger partial charge in [-0.15, -0.1) is 0 Å². The zero-order valence-electron chi connectivity index (χ0n) is 19.6. The number of fused-ring (bicyclic) bond motifs is 1. The van der Waals surface area contributed by atoms with E-state index in [0.29, 0.717) is 35.4 Å². The molecule has 6 heteroatoms. The number of aromatic nitrogens is 2. The van der Waals surface area contributed by atoms with Gasteiger partial charge in [-0.05, 0) is 49.2 Å². The maximum Gasteiger partial charge on any atom is 0.266 e. The Kier molecular flexibility index (Phi) is 7.38. The highest BCUT2D eigenvalue weighted by atomic mass is 16.5. The molecule has 1 unspecified atom stereocenters. The van der Waals surface area contributed by atoms with E-state index in [0.717, 1.165) is 12.1 Å². The van der Waals surface area contributed by atoms with Crippen molar-refractivity contribution in [3.05, 3.63) is 101 Å². The lowest BCUT2D eigenvalue weighted by molar-refractivity contribution is -0.136. The molecule has 1 heterocycles. The topological polar surface area (TPSA) is 64.4 Å². The Hall–Kier alpha value is -3.93. The van der Waals surface area contributed by atoms with Crippen LogP contribution in [0, 0.1) is 0 Å². The third kappa shape index (κ3) is 4.86. The predicted molar refractivity (Wildman–Crippen MR) is 134 cm³/mol. The minimum atomic E-state index is -0.385. The van der Waals surface area contributed by atoms with Gasteiger partial charge in [0, 0.05) is 6.54 Å². The number of rotatable bonds is 9. The molecule has 0 saturated heterocycles. The van der Waals surface area contributed by atoms with E-state index in [9.17, 15) is 9.59 Å². The molecule has 0 fully saturated rings. The maximum absolute atomic E-state index is 13.6. The van der Waals surface area contributed by atoms with Gasteiger partial charge in [0.1, 0.15) is 11.6 Å². The van der Waals surface area contributed by atoms with Crippen molar-refractivity contribution in [1.82, 2.24) is 14.5 Å². The van der Waals surface area contributed by atoms with Crippen molar-refractivity contribution in [2.75, 3.05) is 13.2 Å². The van der Waals surface area contributed by atoms with Crippen LogP contribution in [-0.4, -0.2) is 33.5 Å². The summed E-state index contributed by atoms with van der Waals surface area (Å²) < 4.78 is 7.40. The lowest BCUT2D eigenvalue weighted by Gasteiger charge is -2.32. The van der Waals surface area contributed by atoms with Crippen LogP contribution in [-0.2, 0) is 4.79 Å². The highest BCUT2D eigenvalue weighted by Crippen LogP contribution is 2.26. The molecule has 0 spiro atoms. The fraction of sp³-hybridized carbons (Fsp3) is 0.250. The number of amides is 1. The van der Waals surface area contributed by atoms with Crippen molar-refractivity contribution >= 4 is 16.8 Å². The molecule has 174 valence electrons. The number of benzene rings is 3. The number of hydrogen-bond acceptors (Lipinski definition) is 4. The van der Waals surface area contributed by atoms with Gasteiger partial charge in [0.15, 0.2) is 6.61 Å². The van der Waals surface area contributed by atoms with Crippen LogP contribution in [0.2, 0.25) is 0 Å². The van der Waals surface area contributed by atoms with Crippen molar-refractivity contribution < 1.29 is 9.53 Å². The van der Waals surface area contributed by atoms with Crippen molar-refractivity contribution in [3.8, 4) is 11.4 Å². The summed E-state index contributed by atoms with van der Waals surface area (Å²) in [4.78, 5) is 33.7. The van der Waals surface area contributed by atoms with E-state index in [1.807, 2.05) is 92.7 Å². The Morgan fingerprint density at radius 2 is 1.59 bits per heavy atom. The molecule has 0 aliphatic carbocycles. The summed E-state index contributed by atoms with van der Waals surface area (Å²) >= 11 is 0. The Bertz CT molecular complexity index is 1300. The predicted octanol–water partition coefficient (Wildman–Crippen LogP) is 5.15. The molecule has 6 nitrogen and oxygen atoms in total. The minimum Gasteiger partial charge on any atom is -0.484 e. The zero-order valence-corrected chi connectivity index (χ0v) is 19.6. The summed E-state index contributed by atoms with van der Waals surface area (Å²) in [5.74, 6) is 1.06. The SMILES string of the molecule is CCCN(C(=O)COc1ccccc1)C(CC)c1nc2ccccc2c(=O)n1-c1ccccc1. The molecular formula is C28H29N3O3. The lowest BCUT2D eigenvalue weighted by Crippen LogP contribution is -2.41. The fourth-order valence-corrected chi connectivity index (χ4v) is 4.18. The summed E-state index contributed by atoms with van der Waals surface area (Å²) in [5.41, 5.74) is 1.20. The van der Waals surface area contributed by atoms with E-state index in [1.165, 1.54) is 0 Å². The highest BCUT2D eigenvalue weighted by molar-refractivity contribution is 5.79. The fourth-order valence-electron chi connectivity index (χ4n) is 4.18. The number of carbonyl (C=O) groups excluding carboxylic acids is 1. The van der Waals surface area contributed by atoms with Crippen LogP contribution in [0.4, 0.5) is 0 Å². The molecule has 0 radical (unpaired) electrons. The molecular weight excluding hydrogens is 426 g/mol. The third-order valence-corrected chi connectivity index (χ3v) is 5.77. The van der Waals surface area contributed by atoms with Crippen molar-refractivity contribution in [2.24, 2.45) is 0 Å².